The van der Waals surface area contributed by atoms with Crippen LogP contribution in [-0.2, 0) is 41.6 Å². The van der Waals surface area contributed by atoms with E-state index in [2.05, 4.69) is 73.2 Å². The van der Waals surface area contributed by atoms with Crippen LogP contribution in [0, 0.1) is 10.8 Å². The second-order valence-electron chi connectivity index (χ2n) is 12.0. The van der Waals surface area contributed by atoms with Crippen molar-refractivity contribution in [2.45, 2.75) is 51.5 Å². The summed E-state index contributed by atoms with van der Waals surface area (Å²) in [6.45, 7) is 6.76. The van der Waals surface area contributed by atoms with Gasteiger partial charge in [0, 0.05) is 38.1 Å². The van der Waals surface area contributed by atoms with Crippen LogP contribution in [0.25, 0.3) is 0 Å². The van der Waals surface area contributed by atoms with Crippen molar-refractivity contribution in [1.29, 1.82) is 0 Å². The lowest BCUT2D eigenvalue weighted by Crippen LogP contribution is -2.30. The zero-order valence-electron chi connectivity index (χ0n) is 25.2. The maximum atomic E-state index is 10.7. The minimum absolute atomic E-state index is 0.0125. The molecular weight excluding hydrogens is 574 g/mol. The standard InChI is InChI=1S/C14H20N2.C10H15N.C7H14O6S2/c1-2-4-13(5-3-1)10-16-9-8-15-11-14(12-16)6-7-14;11-9-5-4-8-10-6-2-1-3-7-10;1-14(8,9)12-5-7(3-4-7)6-13-15(2,10)11/h1-5,15H,6-12H2;1-3,6-7H,4-5,8-9,11H2;3-6H2,1-2H3. The van der Waals surface area contributed by atoms with Crippen molar-refractivity contribution in [3.05, 3.63) is 71.8 Å². The molecule has 1 spiro atoms. The molecule has 3 N–H and O–H groups in total. The Hall–Kier alpha value is -1.86. The van der Waals surface area contributed by atoms with Gasteiger partial charge in [-0.25, -0.2) is 0 Å². The summed E-state index contributed by atoms with van der Waals surface area (Å²) in [5.41, 5.74) is 8.45. The molecule has 0 atom stereocenters. The van der Waals surface area contributed by atoms with Crippen LogP contribution in [-0.4, -0.2) is 80.2 Å². The highest BCUT2D eigenvalue weighted by Crippen LogP contribution is 2.47. The molecule has 0 aromatic heterocycles. The fourth-order valence-corrected chi connectivity index (χ4v) is 5.71. The van der Waals surface area contributed by atoms with Crippen LogP contribution in [0.1, 0.15) is 49.7 Å². The van der Waals surface area contributed by atoms with Gasteiger partial charge in [-0.1, -0.05) is 60.7 Å². The Morgan fingerprint density at radius 3 is 1.83 bits per heavy atom. The maximum Gasteiger partial charge on any atom is 0.264 e. The fraction of sp³-hybridized carbons (Fsp3) is 0.613. The molecular formula is C31H49N3O6S2. The third kappa shape index (κ3) is 14.5. The molecule has 9 nitrogen and oxygen atoms in total. The summed E-state index contributed by atoms with van der Waals surface area (Å²) >= 11 is 0. The third-order valence-electron chi connectivity index (χ3n) is 7.75. The van der Waals surface area contributed by atoms with Crippen LogP contribution >= 0.6 is 0 Å². The van der Waals surface area contributed by atoms with Crippen molar-refractivity contribution < 1.29 is 25.2 Å². The van der Waals surface area contributed by atoms with E-state index in [1.165, 1.54) is 50.0 Å². The zero-order valence-corrected chi connectivity index (χ0v) is 26.8. The molecule has 2 saturated carbocycles. The van der Waals surface area contributed by atoms with Gasteiger partial charge in [0.1, 0.15) is 0 Å². The number of unbranched alkanes of at least 4 members (excludes halogenated alkanes) is 1. The van der Waals surface area contributed by atoms with Crippen LogP contribution in [0.15, 0.2) is 60.7 Å². The normalized spacial score (nSPS) is 19.0. The second kappa shape index (κ2) is 16.3. The van der Waals surface area contributed by atoms with Gasteiger partial charge in [0.25, 0.3) is 20.2 Å². The molecule has 0 amide bonds. The third-order valence-corrected chi connectivity index (χ3v) is 8.84. The second-order valence-corrected chi connectivity index (χ2v) is 15.3. The van der Waals surface area contributed by atoms with Crippen LogP contribution in [0.3, 0.4) is 0 Å². The fourth-order valence-electron chi connectivity index (χ4n) is 4.78. The Morgan fingerprint density at radius 1 is 0.810 bits per heavy atom. The summed E-state index contributed by atoms with van der Waals surface area (Å²) in [5.74, 6) is 0. The van der Waals surface area contributed by atoms with Gasteiger partial charge in [0.05, 0.1) is 25.7 Å². The minimum Gasteiger partial charge on any atom is -0.330 e. The molecule has 0 bridgehead atoms. The molecule has 42 heavy (non-hydrogen) atoms. The molecule has 3 fully saturated rings. The van der Waals surface area contributed by atoms with E-state index in [1.807, 2.05) is 6.07 Å². The number of aryl methyl sites for hydroxylation is 1. The smallest absolute Gasteiger partial charge is 0.264 e. The summed E-state index contributed by atoms with van der Waals surface area (Å²) in [4.78, 5) is 2.61. The first-order valence-electron chi connectivity index (χ1n) is 14.8. The first-order chi connectivity index (χ1) is 19.9. The molecule has 1 heterocycles. The molecule has 11 heteroatoms. The average molecular weight is 624 g/mol. The lowest BCUT2D eigenvalue weighted by atomic mass is 10.1. The highest BCUT2D eigenvalue weighted by atomic mass is 32.2. The maximum absolute atomic E-state index is 10.7. The summed E-state index contributed by atoms with van der Waals surface area (Å²) in [7, 11) is -6.95. The molecule has 2 aromatic carbocycles. The zero-order chi connectivity index (χ0) is 30.5. The van der Waals surface area contributed by atoms with Gasteiger partial charge in [0.15, 0.2) is 0 Å². The predicted octanol–water partition coefficient (Wildman–Crippen LogP) is 3.56. The van der Waals surface area contributed by atoms with E-state index >= 15 is 0 Å². The lowest BCUT2D eigenvalue weighted by Gasteiger charge is -2.23. The Morgan fingerprint density at radius 2 is 1.36 bits per heavy atom. The molecule has 0 unspecified atom stereocenters. The summed E-state index contributed by atoms with van der Waals surface area (Å²) < 4.78 is 52.1. The van der Waals surface area contributed by atoms with Crippen molar-refractivity contribution >= 4 is 20.2 Å². The predicted molar refractivity (Wildman–Crippen MR) is 168 cm³/mol. The van der Waals surface area contributed by atoms with Crippen LogP contribution in [0.2, 0.25) is 0 Å². The molecule has 236 valence electrons. The van der Waals surface area contributed by atoms with Gasteiger partial charge in [-0.05, 0) is 68.0 Å². The van der Waals surface area contributed by atoms with Gasteiger partial charge in [-0.3, -0.25) is 13.3 Å². The quantitative estimate of drug-likeness (QED) is 0.269. The highest BCUT2D eigenvalue weighted by molar-refractivity contribution is 7.86. The SMILES string of the molecule is CS(=O)(=O)OCC1(COS(C)(=O)=O)CC1.NCCCCc1ccccc1.c1ccc(CN2CCNCC3(CC3)C2)cc1. The molecule has 2 aromatic rings. The monoisotopic (exact) mass is 623 g/mol. The Balaban J connectivity index is 0.000000176. The van der Waals surface area contributed by atoms with E-state index in [0.717, 1.165) is 57.8 Å². The summed E-state index contributed by atoms with van der Waals surface area (Å²) in [6.07, 6.45) is 9.71. The van der Waals surface area contributed by atoms with Gasteiger partial charge in [-0.15, -0.1) is 0 Å². The Bertz CT molecular complexity index is 1230. The van der Waals surface area contributed by atoms with Crippen molar-refractivity contribution in [3.8, 4) is 0 Å². The average Bonchev–Trinajstić information content (AvgIpc) is 3.88. The van der Waals surface area contributed by atoms with Crippen LogP contribution in [0.5, 0.6) is 0 Å². The van der Waals surface area contributed by atoms with Crippen molar-refractivity contribution in [2.75, 3.05) is 58.4 Å². The first kappa shape index (κ1) is 34.6. The molecule has 1 aliphatic heterocycles. The molecule has 2 aliphatic carbocycles. The first-order valence-corrected chi connectivity index (χ1v) is 18.4. The number of nitrogens with zero attached hydrogens (tertiary/aromatic N) is 1. The van der Waals surface area contributed by atoms with Crippen LogP contribution in [0.4, 0.5) is 0 Å². The number of nitrogens with one attached hydrogen (secondary N) is 1. The van der Waals surface area contributed by atoms with E-state index in [-0.39, 0.29) is 13.2 Å². The van der Waals surface area contributed by atoms with Gasteiger partial charge in [0.2, 0.25) is 0 Å². The van der Waals surface area contributed by atoms with Gasteiger partial charge < -0.3 is 11.1 Å². The van der Waals surface area contributed by atoms with E-state index in [9.17, 15) is 16.8 Å². The summed E-state index contributed by atoms with van der Waals surface area (Å²) in [6, 6.07) is 21.4. The molecule has 0 radical (unpaired) electrons. The van der Waals surface area contributed by atoms with E-state index < -0.39 is 25.7 Å². The lowest BCUT2D eigenvalue weighted by molar-refractivity contribution is 0.170. The van der Waals surface area contributed by atoms with Gasteiger partial charge >= 0.3 is 0 Å². The van der Waals surface area contributed by atoms with Crippen molar-refractivity contribution in [3.63, 3.8) is 0 Å². The Kier molecular flexibility index (Phi) is 13.4. The van der Waals surface area contributed by atoms with Gasteiger partial charge in [-0.2, -0.15) is 16.8 Å². The highest BCUT2D eigenvalue weighted by Gasteiger charge is 2.45. The van der Waals surface area contributed by atoms with E-state index in [4.69, 9.17) is 5.73 Å². The summed E-state index contributed by atoms with van der Waals surface area (Å²) in [5, 5.41) is 3.57. The number of rotatable bonds is 12. The van der Waals surface area contributed by atoms with E-state index in [0.29, 0.717) is 5.41 Å². The number of nitrogens with two attached hydrogens (primary N) is 1. The molecule has 5 rings (SSSR count). The Labute approximate surface area is 253 Å². The molecule has 3 aliphatic rings. The largest absolute Gasteiger partial charge is 0.330 e. The van der Waals surface area contributed by atoms with Crippen molar-refractivity contribution in [1.82, 2.24) is 10.2 Å². The van der Waals surface area contributed by atoms with Crippen LogP contribution < -0.4 is 11.1 Å². The minimum atomic E-state index is -3.48. The number of hydrogen-bond donors (Lipinski definition) is 2. The van der Waals surface area contributed by atoms with Crippen molar-refractivity contribution in [2.24, 2.45) is 16.6 Å². The van der Waals surface area contributed by atoms with E-state index in [1.54, 1.807) is 0 Å². The number of benzene rings is 2. The number of hydrogen-bond acceptors (Lipinski definition) is 9. The molecule has 1 saturated heterocycles. The topological polar surface area (TPSA) is 128 Å².